The second kappa shape index (κ2) is 10.6. The van der Waals surface area contributed by atoms with Crippen LogP contribution in [0.25, 0.3) is 0 Å². The quantitative estimate of drug-likeness (QED) is 0.728. The average molecular weight is 450 g/mol. The SMILES string of the molecule is O=C(CN1CCC[C@@H]1c1ccc2c(c1)OCCCO2)NC1CCN(Cc2ccccc2)CC1. The Bertz CT molecular complexity index is 927. The van der Waals surface area contributed by atoms with Crippen molar-refractivity contribution in [2.24, 2.45) is 0 Å². The number of ether oxygens (including phenoxy) is 2. The van der Waals surface area contributed by atoms with Gasteiger partial charge in [0.05, 0.1) is 19.8 Å². The van der Waals surface area contributed by atoms with Crippen molar-refractivity contribution < 1.29 is 14.3 Å². The molecule has 6 heteroatoms. The lowest BCUT2D eigenvalue weighted by molar-refractivity contribution is -0.123. The summed E-state index contributed by atoms with van der Waals surface area (Å²) < 4.78 is 11.7. The van der Waals surface area contributed by atoms with E-state index in [0.29, 0.717) is 19.8 Å². The number of hydrogen-bond acceptors (Lipinski definition) is 5. The molecule has 0 radical (unpaired) electrons. The van der Waals surface area contributed by atoms with Gasteiger partial charge in [0.15, 0.2) is 11.5 Å². The largest absolute Gasteiger partial charge is 0.490 e. The molecule has 1 atom stereocenters. The molecular weight excluding hydrogens is 414 g/mol. The Kier molecular flexibility index (Phi) is 7.12. The second-order valence-electron chi connectivity index (χ2n) is 9.49. The minimum atomic E-state index is 0.151. The van der Waals surface area contributed by atoms with E-state index in [1.54, 1.807) is 0 Å². The molecule has 6 nitrogen and oxygen atoms in total. The summed E-state index contributed by atoms with van der Waals surface area (Å²) in [7, 11) is 0. The topological polar surface area (TPSA) is 54.0 Å². The number of nitrogens with zero attached hydrogens (tertiary/aromatic N) is 2. The fourth-order valence-corrected chi connectivity index (χ4v) is 5.31. The molecule has 3 heterocycles. The Morgan fingerprint density at radius 2 is 1.70 bits per heavy atom. The van der Waals surface area contributed by atoms with Gasteiger partial charge >= 0.3 is 0 Å². The molecule has 2 aromatic rings. The maximum atomic E-state index is 12.9. The minimum absolute atomic E-state index is 0.151. The van der Waals surface area contributed by atoms with E-state index >= 15 is 0 Å². The standard InChI is InChI=1S/C27H35N3O3/c31-27(28-23-11-14-29(15-12-23)19-21-6-2-1-3-7-21)20-30-13-4-8-24(30)22-9-10-25-26(18-22)33-17-5-16-32-25/h1-3,6-7,9-10,18,23-24H,4-5,8,11-17,19-20H2,(H,28,31)/t24-/m1/s1. The molecule has 0 bridgehead atoms. The molecule has 0 aromatic heterocycles. The molecule has 5 rings (SSSR count). The van der Waals surface area contributed by atoms with Gasteiger partial charge in [0.25, 0.3) is 0 Å². The number of hydrogen-bond donors (Lipinski definition) is 1. The van der Waals surface area contributed by atoms with Gasteiger partial charge in [-0.3, -0.25) is 14.6 Å². The third kappa shape index (κ3) is 5.68. The van der Waals surface area contributed by atoms with Gasteiger partial charge in [-0.2, -0.15) is 0 Å². The zero-order valence-electron chi connectivity index (χ0n) is 19.4. The van der Waals surface area contributed by atoms with Gasteiger partial charge in [-0.25, -0.2) is 0 Å². The number of nitrogens with one attached hydrogen (secondary N) is 1. The lowest BCUT2D eigenvalue weighted by Gasteiger charge is -2.33. The molecule has 2 saturated heterocycles. The third-order valence-electron chi connectivity index (χ3n) is 7.07. The lowest BCUT2D eigenvalue weighted by atomic mass is 10.0. The summed E-state index contributed by atoms with van der Waals surface area (Å²) >= 11 is 0. The van der Waals surface area contributed by atoms with Crippen LogP contribution in [0, 0.1) is 0 Å². The molecule has 0 saturated carbocycles. The Balaban J connectivity index is 1.12. The maximum absolute atomic E-state index is 12.9. The molecular formula is C27H35N3O3. The summed E-state index contributed by atoms with van der Waals surface area (Å²) in [6.07, 6.45) is 5.13. The molecule has 2 fully saturated rings. The summed E-state index contributed by atoms with van der Waals surface area (Å²) in [5.74, 6) is 1.82. The van der Waals surface area contributed by atoms with Crippen molar-refractivity contribution in [3.8, 4) is 11.5 Å². The first kappa shape index (κ1) is 22.2. The average Bonchev–Trinajstić information content (AvgIpc) is 3.16. The highest BCUT2D eigenvalue weighted by molar-refractivity contribution is 5.78. The van der Waals surface area contributed by atoms with E-state index in [-0.39, 0.29) is 18.0 Å². The summed E-state index contributed by atoms with van der Waals surface area (Å²) in [5.41, 5.74) is 2.58. The highest BCUT2D eigenvalue weighted by Gasteiger charge is 2.29. The van der Waals surface area contributed by atoms with Gasteiger partial charge < -0.3 is 14.8 Å². The van der Waals surface area contributed by atoms with Crippen molar-refractivity contribution in [2.75, 3.05) is 39.4 Å². The summed E-state index contributed by atoms with van der Waals surface area (Å²) in [6.45, 7) is 5.87. The smallest absolute Gasteiger partial charge is 0.234 e. The van der Waals surface area contributed by atoms with Crippen LogP contribution in [0.5, 0.6) is 11.5 Å². The Morgan fingerprint density at radius 1 is 0.909 bits per heavy atom. The van der Waals surface area contributed by atoms with Crippen LogP contribution in [0.4, 0.5) is 0 Å². The molecule has 0 spiro atoms. The van der Waals surface area contributed by atoms with Crippen LogP contribution in [0.15, 0.2) is 48.5 Å². The molecule has 1 amide bonds. The molecule has 176 valence electrons. The predicted molar refractivity (Wildman–Crippen MR) is 128 cm³/mol. The van der Waals surface area contributed by atoms with Crippen molar-refractivity contribution in [1.29, 1.82) is 0 Å². The Labute approximate surface area is 196 Å². The Hall–Kier alpha value is -2.57. The predicted octanol–water partition coefficient (Wildman–Crippen LogP) is 3.77. The van der Waals surface area contributed by atoms with Crippen LogP contribution in [0.2, 0.25) is 0 Å². The number of rotatable bonds is 6. The highest BCUT2D eigenvalue weighted by atomic mass is 16.5. The minimum Gasteiger partial charge on any atom is -0.490 e. The summed E-state index contributed by atoms with van der Waals surface area (Å²) in [4.78, 5) is 17.7. The first-order valence-corrected chi connectivity index (χ1v) is 12.4. The van der Waals surface area contributed by atoms with Crippen LogP contribution >= 0.6 is 0 Å². The van der Waals surface area contributed by atoms with Crippen molar-refractivity contribution in [1.82, 2.24) is 15.1 Å². The molecule has 0 unspecified atom stereocenters. The zero-order chi connectivity index (χ0) is 22.5. The number of fused-ring (bicyclic) bond motifs is 1. The molecule has 1 N–H and O–H groups in total. The van der Waals surface area contributed by atoms with E-state index in [9.17, 15) is 4.79 Å². The maximum Gasteiger partial charge on any atom is 0.234 e. The van der Waals surface area contributed by atoms with Crippen LogP contribution in [-0.4, -0.2) is 61.1 Å². The van der Waals surface area contributed by atoms with Crippen molar-refractivity contribution in [2.45, 2.75) is 50.7 Å². The van der Waals surface area contributed by atoms with E-state index in [4.69, 9.17) is 9.47 Å². The molecule has 33 heavy (non-hydrogen) atoms. The van der Waals surface area contributed by atoms with Crippen LogP contribution in [0.3, 0.4) is 0 Å². The normalized spacial score (nSPS) is 22.1. The summed E-state index contributed by atoms with van der Waals surface area (Å²) in [5, 5.41) is 3.31. The summed E-state index contributed by atoms with van der Waals surface area (Å²) in [6, 6.07) is 17.4. The van der Waals surface area contributed by atoms with Crippen LogP contribution in [0.1, 0.15) is 49.3 Å². The van der Waals surface area contributed by atoms with Gasteiger partial charge in [0, 0.05) is 38.1 Å². The number of amides is 1. The van der Waals surface area contributed by atoms with Crippen molar-refractivity contribution in [3.63, 3.8) is 0 Å². The van der Waals surface area contributed by atoms with Gasteiger partial charge in [-0.05, 0) is 55.5 Å². The fraction of sp³-hybridized carbons (Fsp3) is 0.519. The molecule has 3 aliphatic heterocycles. The number of piperidine rings is 1. The zero-order valence-corrected chi connectivity index (χ0v) is 19.4. The first-order chi connectivity index (χ1) is 16.2. The highest BCUT2D eigenvalue weighted by Crippen LogP contribution is 2.37. The second-order valence-corrected chi connectivity index (χ2v) is 9.49. The van der Waals surface area contributed by atoms with Gasteiger partial charge in [-0.1, -0.05) is 36.4 Å². The first-order valence-electron chi connectivity index (χ1n) is 12.4. The van der Waals surface area contributed by atoms with Crippen molar-refractivity contribution in [3.05, 3.63) is 59.7 Å². The van der Waals surface area contributed by atoms with Crippen molar-refractivity contribution >= 4 is 5.91 Å². The van der Waals surface area contributed by atoms with Gasteiger partial charge in [0.1, 0.15) is 0 Å². The van der Waals surface area contributed by atoms with E-state index in [1.165, 1.54) is 11.1 Å². The molecule has 3 aliphatic rings. The van der Waals surface area contributed by atoms with Crippen LogP contribution < -0.4 is 14.8 Å². The van der Waals surface area contributed by atoms with E-state index in [1.807, 2.05) is 6.07 Å². The number of carbonyl (C=O) groups is 1. The van der Waals surface area contributed by atoms with Gasteiger partial charge in [-0.15, -0.1) is 0 Å². The van der Waals surface area contributed by atoms with E-state index < -0.39 is 0 Å². The van der Waals surface area contributed by atoms with E-state index in [2.05, 4.69) is 57.6 Å². The molecule has 2 aromatic carbocycles. The monoisotopic (exact) mass is 449 g/mol. The third-order valence-corrected chi connectivity index (χ3v) is 7.07. The number of likely N-dealkylation sites (tertiary alicyclic amines) is 2. The fourth-order valence-electron chi connectivity index (χ4n) is 5.31. The molecule has 0 aliphatic carbocycles. The van der Waals surface area contributed by atoms with Crippen LogP contribution in [-0.2, 0) is 11.3 Å². The lowest BCUT2D eigenvalue weighted by Crippen LogP contribution is -2.47. The Morgan fingerprint density at radius 3 is 2.52 bits per heavy atom. The van der Waals surface area contributed by atoms with Gasteiger partial charge in [0.2, 0.25) is 5.91 Å². The number of benzene rings is 2. The number of carbonyl (C=O) groups excluding carboxylic acids is 1. The van der Waals surface area contributed by atoms with E-state index in [0.717, 1.165) is 69.8 Å².